The maximum Gasteiger partial charge on any atom is 0.132 e. The lowest BCUT2D eigenvalue weighted by molar-refractivity contribution is 0.792. The molecular formula is C21H14ClN3. The third kappa shape index (κ3) is 2.28. The highest BCUT2D eigenvalue weighted by molar-refractivity contribution is 6.30. The van der Waals surface area contributed by atoms with E-state index in [4.69, 9.17) is 21.7 Å². The van der Waals surface area contributed by atoms with Crippen LogP contribution in [0, 0.1) is 0 Å². The van der Waals surface area contributed by atoms with Crippen molar-refractivity contribution in [2.45, 2.75) is 0 Å². The lowest BCUT2D eigenvalue weighted by atomic mass is 10.0. The summed E-state index contributed by atoms with van der Waals surface area (Å²) >= 11 is 6.00. The van der Waals surface area contributed by atoms with E-state index >= 15 is 0 Å². The molecule has 0 radical (unpaired) electrons. The third-order valence-corrected chi connectivity index (χ3v) is 4.84. The SMILES string of the molecule is Clc1ccc(N2CN=c3c(c4ccccc4c4ccccc34)=N2)cc1. The maximum atomic E-state index is 6.00. The average molecular weight is 344 g/mol. The number of rotatable bonds is 1. The quantitative estimate of drug-likeness (QED) is 0.474. The average Bonchev–Trinajstić information content (AvgIpc) is 2.68. The standard InChI is InChI=1S/C21H14ClN3/c22-14-9-11-15(12-10-14)25-13-23-20-18-7-3-1-5-16(18)17-6-2-4-8-19(17)21(20)24-25/h1-12H,13H2. The van der Waals surface area contributed by atoms with E-state index in [-0.39, 0.29) is 0 Å². The summed E-state index contributed by atoms with van der Waals surface area (Å²) in [5, 5.41) is 14.1. The Morgan fingerprint density at radius 2 is 1.24 bits per heavy atom. The van der Waals surface area contributed by atoms with E-state index < -0.39 is 0 Å². The van der Waals surface area contributed by atoms with Crippen molar-refractivity contribution < 1.29 is 0 Å². The van der Waals surface area contributed by atoms with Crippen LogP contribution in [0.4, 0.5) is 5.69 Å². The van der Waals surface area contributed by atoms with Crippen molar-refractivity contribution in [3.05, 3.63) is 88.5 Å². The second-order valence-corrected chi connectivity index (χ2v) is 6.50. The summed E-state index contributed by atoms with van der Waals surface area (Å²) in [4.78, 5) is 4.85. The monoisotopic (exact) mass is 343 g/mol. The molecule has 1 aliphatic heterocycles. The van der Waals surface area contributed by atoms with Crippen molar-refractivity contribution in [2.24, 2.45) is 10.1 Å². The molecule has 0 atom stereocenters. The predicted octanol–water partition coefficient (Wildman–Crippen LogP) is 4.28. The van der Waals surface area contributed by atoms with Crippen LogP contribution in [0.15, 0.2) is 82.9 Å². The zero-order valence-corrected chi connectivity index (χ0v) is 14.1. The number of halogens is 1. The first-order chi connectivity index (χ1) is 12.3. The first kappa shape index (κ1) is 14.4. The van der Waals surface area contributed by atoms with Crippen molar-refractivity contribution in [3.63, 3.8) is 0 Å². The predicted molar refractivity (Wildman–Crippen MR) is 103 cm³/mol. The van der Waals surface area contributed by atoms with Crippen molar-refractivity contribution in [1.29, 1.82) is 0 Å². The van der Waals surface area contributed by atoms with Gasteiger partial charge in [0, 0.05) is 15.8 Å². The lowest BCUT2D eigenvalue weighted by Gasteiger charge is -2.20. The summed E-state index contributed by atoms with van der Waals surface area (Å²) in [7, 11) is 0. The number of anilines is 1. The molecule has 0 unspecified atom stereocenters. The molecular weight excluding hydrogens is 330 g/mol. The summed E-state index contributed by atoms with van der Waals surface area (Å²) in [6.07, 6.45) is 0. The van der Waals surface area contributed by atoms with E-state index in [1.807, 2.05) is 35.3 Å². The molecule has 1 aliphatic rings. The molecule has 0 N–H and O–H groups in total. The van der Waals surface area contributed by atoms with Crippen LogP contribution in [0.2, 0.25) is 5.02 Å². The smallest absolute Gasteiger partial charge is 0.132 e. The lowest BCUT2D eigenvalue weighted by Crippen LogP contribution is -2.37. The van der Waals surface area contributed by atoms with E-state index in [2.05, 4.69) is 42.5 Å². The van der Waals surface area contributed by atoms with Crippen molar-refractivity contribution in [1.82, 2.24) is 0 Å². The van der Waals surface area contributed by atoms with E-state index in [0.717, 1.165) is 32.2 Å². The number of benzene rings is 4. The minimum absolute atomic E-state index is 0.497. The van der Waals surface area contributed by atoms with Gasteiger partial charge in [-0.15, -0.1) is 0 Å². The number of hydrogen-bond acceptors (Lipinski definition) is 3. The van der Waals surface area contributed by atoms with Gasteiger partial charge < -0.3 is 0 Å². The maximum absolute atomic E-state index is 6.00. The Balaban J connectivity index is 1.86. The van der Waals surface area contributed by atoms with Gasteiger partial charge in [-0.2, -0.15) is 5.10 Å². The Hall–Kier alpha value is -2.91. The number of nitrogens with zero attached hydrogens (tertiary/aromatic N) is 3. The molecule has 4 heteroatoms. The summed E-state index contributed by atoms with van der Waals surface area (Å²) in [6.45, 7) is 0.497. The van der Waals surface area contributed by atoms with E-state index in [1.165, 1.54) is 10.8 Å². The Kier molecular flexibility index (Phi) is 3.22. The molecule has 0 bridgehead atoms. The summed E-state index contributed by atoms with van der Waals surface area (Å²) in [5.74, 6) is 0. The van der Waals surface area contributed by atoms with Gasteiger partial charge in [-0.1, -0.05) is 60.1 Å². The fourth-order valence-electron chi connectivity index (χ4n) is 3.41. The van der Waals surface area contributed by atoms with Crippen molar-refractivity contribution >= 4 is 38.8 Å². The highest BCUT2D eigenvalue weighted by Crippen LogP contribution is 2.22. The van der Waals surface area contributed by atoms with Gasteiger partial charge in [0.2, 0.25) is 0 Å². The molecule has 0 aliphatic carbocycles. The van der Waals surface area contributed by atoms with Crippen LogP contribution in [0.25, 0.3) is 21.5 Å². The fraction of sp³-hybridized carbons (Fsp3) is 0.0476. The molecule has 1 heterocycles. The molecule has 0 fully saturated rings. The van der Waals surface area contributed by atoms with Gasteiger partial charge in [0.05, 0.1) is 11.0 Å². The Labute approximate surface area is 149 Å². The summed E-state index contributed by atoms with van der Waals surface area (Å²) in [5.41, 5.74) is 0.982. The summed E-state index contributed by atoms with van der Waals surface area (Å²) < 4.78 is 0. The zero-order chi connectivity index (χ0) is 16.8. The van der Waals surface area contributed by atoms with Gasteiger partial charge in [-0.3, -0.25) is 4.99 Å². The van der Waals surface area contributed by atoms with Crippen LogP contribution in [-0.4, -0.2) is 6.67 Å². The molecule has 0 saturated carbocycles. The van der Waals surface area contributed by atoms with E-state index in [1.54, 1.807) is 0 Å². The van der Waals surface area contributed by atoms with E-state index in [0.29, 0.717) is 6.67 Å². The normalized spacial score (nSPS) is 13.4. The molecule has 120 valence electrons. The van der Waals surface area contributed by atoms with Gasteiger partial charge in [0.1, 0.15) is 12.0 Å². The van der Waals surface area contributed by atoms with Crippen molar-refractivity contribution in [3.8, 4) is 0 Å². The van der Waals surface area contributed by atoms with Crippen LogP contribution in [-0.2, 0) is 0 Å². The van der Waals surface area contributed by atoms with Crippen molar-refractivity contribution in [2.75, 3.05) is 11.7 Å². The highest BCUT2D eigenvalue weighted by Gasteiger charge is 2.13. The minimum Gasteiger partial charge on any atom is -0.259 e. The van der Waals surface area contributed by atoms with Gasteiger partial charge in [-0.25, -0.2) is 5.01 Å². The van der Waals surface area contributed by atoms with Crippen LogP contribution < -0.4 is 15.7 Å². The Bertz CT molecular complexity index is 1230. The van der Waals surface area contributed by atoms with Gasteiger partial charge in [0.25, 0.3) is 0 Å². The van der Waals surface area contributed by atoms with E-state index in [9.17, 15) is 0 Å². The Morgan fingerprint density at radius 1 is 0.680 bits per heavy atom. The first-order valence-corrected chi connectivity index (χ1v) is 8.55. The highest BCUT2D eigenvalue weighted by atomic mass is 35.5. The minimum atomic E-state index is 0.497. The third-order valence-electron chi connectivity index (χ3n) is 4.59. The number of hydrogen-bond donors (Lipinski definition) is 0. The molecule has 0 spiro atoms. The molecule has 0 aromatic heterocycles. The molecule has 4 aromatic carbocycles. The van der Waals surface area contributed by atoms with Gasteiger partial charge in [0.15, 0.2) is 0 Å². The fourth-order valence-corrected chi connectivity index (χ4v) is 3.53. The second kappa shape index (κ2) is 5.57. The van der Waals surface area contributed by atoms with Crippen LogP contribution >= 0.6 is 11.6 Å². The first-order valence-electron chi connectivity index (χ1n) is 8.17. The molecule has 25 heavy (non-hydrogen) atoms. The van der Waals surface area contributed by atoms with Crippen LogP contribution in [0.3, 0.4) is 0 Å². The topological polar surface area (TPSA) is 28.0 Å². The molecule has 0 saturated heterocycles. The Morgan fingerprint density at radius 3 is 1.88 bits per heavy atom. The second-order valence-electron chi connectivity index (χ2n) is 6.06. The zero-order valence-electron chi connectivity index (χ0n) is 13.4. The molecule has 5 rings (SSSR count). The van der Waals surface area contributed by atoms with Gasteiger partial charge >= 0.3 is 0 Å². The molecule has 0 amide bonds. The summed E-state index contributed by atoms with van der Waals surface area (Å²) in [6, 6.07) is 24.5. The molecule has 3 nitrogen and oxygen atoms in total. The molecule has 4 aromatic rings. The van der Waals surface area contributed by atoms with Gasteiger partial charge in [-0.05, 0) is 35.0 Å². The van der Waals surface area contributed by atoms with Crippen LogP contribution in [0.5, 0.6) is 0 Å². The van der Waals surface area contributed by atoms with Crippen LogP contribution in [0.1, 0.15) is 0 Å². The number of fused-ring (bicyclic) bond motifs is 6. The largest absolute Gasteiger partial charge is 0.259 e.